The van der Waals surface area contributed by atoms with E-state index in [0.717, 1.165) is 35.6 Å². The molecule has 0 aromatic carbocycles. The van der Waals surface area contributed by atoms with Crippen LogP contribution < -0.4 is 5.32 Å². The Morgan fingerprint density at radius 3 is 2.16 bits per heavy atom. The third-order valence-corrected chi connectivity index (χ3v) is 6.22. The molecule has 1 N–H and O–H groups in total. The summed E-state index contributed by atoms with van der Waals surface area (Å²) in [4.78, 5) is 0. The first kappa shape index (κ1) is 13.9. The highest BCUT2D eigenvalue weighted by molar-refractivity contribution is 4.89. The summed E-state index contributed by atoms with van der Waals surface area (Å²) in [5.41, 5.74) is 0. The maximum atomic E-state index is 3.82. The average molecular weight is 263 g/mol. The summed E-state index contributed by atoms with van der Waals surface area (Å²) in [5, 5.41) is 3.82. The molecule has 1 nitrogen and oxygen atoms in total. The first-order chi connectivity index (χ1) is 9.22. The van der Waals surface area contributed by atoms with Crippen LogP contribution >= 0.6 is 0 Å². The topological polar surface area (TPSA) is 12.0 Å². The molecule has 0 amide bonds. The van der Waals surface area contributed by atoms with Crippen LogP contribution in [0.2, 0.25) is 0 Å². The summed E-state index contributed by atoms with van der Waals surface area (Å²) < 4.78 is 0. The van der Waals surface area contributed by atoms with Crippen molar-refractivity contribution in [3.8, 4) is 0 Å². The largest absolute Gasteiger partial charge is 0.314 e. The monoisotopic (exact) mass is 263 g/mol. The molecule has 3 rings (SSSR count). The first-order valence-electron chi connectivity index (χ1n) is 8.95. The highest BCUT2D eigenvalue weighted by Crippen LogP contribution is 2.44. The lowest BCUT2D eigenvalue weighted by atomic mass is 9.64. The van der Waals surface area contributed by atoms with Gasteiger partial charge in [0, 0.05) is 6.04 Å². The van der Waals surface area contributed by atoms with E-state index in [1.807, 2.05) is 0 Å². The van der Waals surface area contributed by atoms with Crippen molar-refractivity contribution in [3.63, 3.8) is 0 Å². The molecule has 110 valence electrons. The Bertz CT molecular complexity index is 275. The molecule has 3 fully saturated rings. The van der Waals surface area contributed by atoms with Gasteiger partial charge < -0.3 is 5.32 Å². The molecule has 3 atom stereocenters. The Labute approximate surface area is 119 Å². The molecule has 0 aliphatic heterocycles. The Kier molecular flexibility index (Phi) is 4.51. The summed E-state index contributed by atoms with van der Waals surface area (Å²) >= 11 is 0. The highest BCUT2D eigenvalue weighted by Gasteiger charge is 2.36. The van der Waals surface area contributed by atoms with Gasteiger partial charge in [-0.2, -0.15) is 0 Å². The van der Waals surface area contributed by atoms with Crippen LogP contribution in [0.15, 0.2) is 0 Å². The lowest BCUT2D eigenvalue weighted by Crippen LogP contribution is -2.38. The van der Waals surface area contributed by atoms with E-state index in [-0.39, 0.29) is 0 Å². The standard InChI is InChI=1S/C18H33N/c1-13-3-6-15(7-4-13)18-11-14(2)5-8-16(18)12-19-17-9-10-17/h13-19H,3-12H2,1-2H3. The van der Waals surface area contributed by atoms with Gasteiger partial charge in [-0.1, -0.05) is 33.1 Å². The Morgan fingerprint density at radius 2 is 1.47 bits per heavy atom. The van der Waals surface area contributed by atoms with Crippen molar-refractivity contribution in [1.29, 1.82) is 0 Å². The van der Waals surface area contributed by atoms with Crippen LogP contribution in [0.25, 0.3) is 0 Å². The molecule has 3 unspecified atom stereocenters. The Hall–Kier alpha value is -0.0400. The molecule has 3 aliphatic carbocycles. The lowest BCUT2D eigenvalue weighted by molar-refractivity contribution is 0.0906. The van der Waals surface area contributed by atoms with Crippen LogP contribution in [0.1, 0.15) is 71.6 Å². The first-order valence-corrected chi connectivity index (χ1v) is 8.95. The van der Waals surface area contributed by atoms with E-state index < -0.39 is 0 Å². The minimum absolute atomic E-state index is 0.895. The summed E-state index contributed by atoms with van der Waals surface area (Å²) in [6.45, 7) is 6.27. The summed E-state index contributed by atoms with van der Waals surface area (Å²) in [7, 11) is 0. The third-order valence-electron chi connectivity index (χ3n) is 6.22. The molecule has 3 saturated carbocycles. The highest BCUT2D eigenvalue weighted by atomic mass is 14.9. The second kappa shape index (κ2) is 6.16. The fourth-order valence-corrected chi connectivity index (χ4v) is 4.64. The number of nitrogens with one attached hydrogen (secondary N) is 1. The van der Waals surface area contributed by atoms with Gasteiger partial charge in [0.15, 0.2) is 0 Å². The van der Waals surface area contributed by atoms with Gasteiger partial charge in [-0.25, -0.2) is 0 Å². The SMILES string of the molecule is CC1CCC(C2CC(C)CCC2CNC2CC2)CC1. The molecular formula is C18H33N. The van der Waals surface area contributed by atoms with Crippen LogP contribution in [0.5, 0.6) is 0 Å². The molecule has 0 bridgehead atoms. The second-order valence-electron chi connectivity index (χ2n) is 8.04. The van der Waals surface area contributed by atoms with Gasteiger partial charge in [0.1, 0.15) is 0 Å². The molecule has 0 heterocycles. The van der Waals surface area contributed by atoms with Crippen LogP contribution in [0.4, 0.5) is 0 Å². The van der Waals surface area contributed by atoms with Gasteiger partial charge in [-0.05, 0) is 74.7 Å². The van der Waals surface area contributed by atoms with E-state index in [9.17, 15) is 0 Å². The predicted molar refractivity (Wildman–Crippen MR) is 82.1 cm³/mol. The minimum atomic E-state index is 0.895. The fourth-order valence-electron chi connectivity index (χ4n) is 4.64. The fraction of sp³-hybridized carbons (Fsp3) is 1.00. The maximum absolute atomic E-state index is 3.82. The van der Waals surface area contributed by atoms with Crippen LogP contribution in [-0.2, 0) is 0 Å². The number of rotatable bonds is 4. The minimum Gasteiger partial charge on any atom is -0.314 e. The van der Waals surface area contributed by atoms with Crippen molar-refractivity contribution in [3.05, 3.63) is 0 Å². The van der Waals surface area contributed by atoms with Crippen molar-refractivity contribution < 1.29 is 0 Å². The van der Waals surface area contributed by atoms with E-state index in [4.69, 9.17) is 0 Å². The van der Waals surface area contributed by atoms with Crippen LogP contribution in [-0.4, -0.2) is 12.6 Å². The molecule has 0 radical (unpaired) electrons. The van der Waals surface area contributed by atoms with E-state index in [1.54, 1.807) is 0 Å². The Balaban J connectivity index is 1.56. The zero-order chi connectivity index (χ0) is 13.2. The smallest absolute Gasteiger partial charge is 0.00683 e. The zero-order valence-electron chi connectivity index (χ0n) is 13.0. The molecule has 0 spiro atoms. The second-order valence-corrected chi connectivity index (χ2v) is 8.04. The summed E-state index contributed by atoms with van der Waals surface area (Å²) in [6, 6.07) is 0.895. The van der Waals surface area contributed by atoms with E-state index in [0.29, 0.717) is 0 Å². The van der Waals surface area contributed by atoms with Crippen LogP contribution in [0, 0.1) is 29.6 Å². The zero-order valence-corrected chi connectivity index (χ0v) is 13.0. The molecule has 0 aromatic rings. The normalized spacial score (nSPS) is 44.2. The van der Waals surface area contributed by atoms with E-state index >= 15 is 0 Å². The molecule has 3 aliphatic rings. The molecule has 0 saturated heterocycles. The average Bonchev–Trinajstić information content (AvgIpc) is 3.22. The van der Waals surface area contributed by atoms with Gasteiger partial charge in [0.2, 0.25) is 0 Å². The summed E-state index contributed by atoms with van der Waals surface area (Å²) in [5.74, 6) is 5.09. The van der Waals surface area contributed by atoms with Gasteiger partial charge >= 0.3 is 0 Å². The van der Waals surface area contributed by atoms with Gasteiger partial charge in [-0.3, -0.25) is 0 Å². The van der Waals surface area contributed by atoms with Crippen molar-refractivity contribution >= 4 is 0 Å². The quantitative estimate of drug-likeness (QED) is 0.780. The van der Waals surface area contributed by atoms with E-state index in [1.165, 1.54) is 64.3 Å². The van der Waals surface area contributed by atoms with Crippen molar-refractivity contribution in [2.45, 2.75) is 77.7 Å². The summed E-state index contributed by atoms with van der Waals surface area (Å²) in [6.07, 6.45) is 13.4. The number of hydrogen-bond acceptors (Lipinski definition) is 1. The molecular weight excluding hydrogens is 230 g/mol. The van der Waals surface area contributed by atoms with Crippen LogP contribution in [0.3, 0.4) is 0 Å². The Morgan fingerprint density at radius 1 is 0.789 bits per heavy atom. The predicted octanol–water partition coefficient (Wildman–Crippen LogP) is 4.62. The van der Waals surface area contributed by atoms with Gasteiger partial charge in [-0.15, -0.1) is 0 Å². The van der Waals surface area contributed by atoms with Gasteiger partial charge in [0.05, 0.1) is 0 Å². The molecule has 1 heteroatoms. The van der Waals surface area contributed by atoms with E-state index in [2.05, 4.69) is 19.2 Å². The number of hydrogen-bond donors (Lipinski definition) is 1. The van der Waals surface area contributed by atoms with Gasteiger partial charge in [0.25, 0.3) is 0 Å². The maximum Gasteiger partial charge on any atom is 0.00683 e. The van der Waals surface area contributed by atoms with Crippen molar-refractivity contribution in [1.82, 2.24) is 5.32 Å². The lowest BCUT2D eigenvalue weighted by Gasteiger charge is -2.42. The molecule has 19 heavy (non-hydrogen) atoms. The van der Waals surface area contributed by atoms with Crippen molar-refractivity contribution in [2.24, 2.45) is 29.6 Å². The molecule has 0 aromatic heterocycles. The van der Waals surface area contributed by atoms with Crippen molar-refractivity contribution in [2.75, 3.05) is 6.54 Å². The third kappa shape index (κ3) is 3.74.